The standard InChI is InChI=1S/C18H22N2O3S/c1-18(2,3)14-7-9-15(10-8-14)20-24(22,23)16-11-5-13(6-12-16)17(21)19-4/h5-12,20H,1-4H3,(H,19,21). The summed E-state index contributed by atoms with van der Waals surface area (Å²) in [7, 11) is -2.17. The summed E-state index contributed by atoms with van der Waals surface area (Å²) < 4.78 is 27.4. The zero-order valence-corrected chi connectivity index (χ0v) is 15.1. The van der Waals surface area contributed by atoms with Crippen molar-refractivity contribution in [2.75, 3.05) is 11.8 Å². The molecule has 0 saturated heterocycles. The zero-order chi connectivity index (χ0) is 18.0. The molecule has 0 unspecified atom stereocenters. The van der Waals surface area contributed by atoms with Crippen LogP contribution < -0.4 is 10.0 Å². The predicted molar refractivity (Wildman–Crippen MR) is 95.8 cm³/mol. The van der Waals surface area contributed by atoms with Gasteiger partial charge in [0, 0.05) is 18.3 Å². The summed E-state index contributed by atoms with van der Waals surface area (Å²) in [6.07, 6.45) is 0. The van der Waals surface area contributed by atoms with Gasteiger partial charge in [0.05, 0.1) is 4.90 Å². The molecule has 5 nitrogen and oxygen atoms in total. The molecule has 2 aromatic rings. The first-order valence-corrected chi connectivity index (χ1v) is 9.07. The molecular weight excluding hydrogens is 324 g/mol. The lowest BCUT2D eigenvalue weighted by Crippen LogP contribution is -2.18. The first-order chi connectivity index (χ1) is 11.1. The summed E-state index contributed by atoms with van der Waals surface area (Å²) >= 11 is 0. The predicted octanol–water partition coefficient (Wildman–Crippen LogP) is 3.14. The van der Waals surface area contributed by atoms with Crippen LogP contribution in [0.5, 0.6) is 0 Å². The molecule has 0 aliphatic carbocycles. The molecule has 0 heterocycles. The number of carbonyl (C=O) groups is 1. The van der Waals surface area contributed by atoms with E-state index in [-0.39, 0.29) is 16.2 Å². The van der Waals surface area contributed by atoms with E-state index >= 15 is 0 Å². The molecule has 2 rings (SSSR count). The van der Waals surface area contributed by atoms with Crippen LogP contribution in [0.2, 0.25) is 0 Å². The fraction of sp³-hybridized carbons (Fsp3) is 0.278. The summed E-state index contributed by atoms with van der Waals surface area (Å²) in [4.78, 5) is 11.6. The highest BCUT2D eigenvalue weighted by Gasteiger charge is 2.17. The summed E-state index contributed by atoms with van der Waals surface area (Å²) in [6, 6.07) is 13.1. The van der Waals surface area contributed by atoms with Gasteiger partial charge in [-0.15, -0.1) is 0 Å². The van der Waals surface area contributed by atoms with Crippen LogP contribution in [0.25, 0.3) is 0 Å². The van der Waals surface area contributed by atoms with Gasteiger partial charge in [-0.3, -0.25) is 9.52 Å². The summed E-state index contributed by atoms with van der Waals surface area (Å²) in [5, 5.41) is 2.49. The molecular formula is C18H22N2O3S. The molecule has 0 atom stereocenters. The number of amides is 1. The molecule has 2 N–H and O–H groups in total. The third-order valence-electron chi connectivity index (χ3n) is 3.66. The Kier molecular flexibility index (Phi) is 4.99. The maximum atomic E-state index is 12.4. The summed E-state index contributed by atoms with van der Waals surface area (Å²) in [5.74, 6) is -0.260. The Morgan fingerprint density at radius 2 is 1.46 bits per heavy atom. The molecule has 6 heteroatoms. The topological polar surface area (TPSA) is 75.3 Å². The average Bonchev–Trinajstić information content (AvgIpc) is 2.53. The molecule has 0 fully saturated rings. The number of nitrogens with one attached hydrogen (secondary N) is 2. The van der Waals surface area contributed by atoms with Crippen molar-refractivity contribution < 1.29 is 13.2 Å². The largest absolute Gasteiger partial charge is 0.355 e. The lowest BCUT2D eigenvalue weighted by Gasteiger charge is -2.19. The minimum Gasteiger partial charge on any atom is -0.355 e. The molecule has 0 bridgehead atoms. The van der Waals surface area contributed by atoms with E-state index in [0.717, 1.165) is 5.56 Å². The minimum atomic E-state index is -3.69. The van der Waals surface area contributed by atoms with E-state index in [9.17, 15) is 13.2 Å². The Morgan fingerprint density at radius 3 is 1.92 bits per heavy atom. The van der Waals surface area contributed by atoms with Crippen molar-refractivity contribution in [3.63, 3.8) is 0 Å². The van der Waals surface area contributed by atoms with Crippen molar-refractivity contribution in [1.29, 1.82) is 0 Å². The van der Waals surface area contributed by atoms with Gasteiger partial charge in [-0.25, -0.2) is 8.42 Å². The molecule has 0 aliphatic rings. The minimum absolute atomic E-state index is 0.00703. The maximum Gasteiger partial charge on any atom is 0.261 e. The van der Waals surface area contributed by atoms with Gasteiger partial charge in [-0.2, -0.15) is 0 Å². The molecule has 128 valence electrons. The van der Waals surface area contributed by atoms with Gasteiger partial charge in [-0.05, 0) is 47.4 Å². The third kappa shape index (κ3) is 4.14. The Balaban J connectivity index is 2.20. The average molecular weight is 346 g/mol. The van der Waals surface area contributed by atoms with Crippen molar-refractivity contribution >= 4 is 21.6 Å². The normalized spacial score (nSPS) is 11.8. The molecule has 0 saturated carbocycles. The van der Waals surface area contributed by atoms with Crippen molar-refractivity contribution in [1.82, 2.24) is 5.32 Å². The fourth-order valence-electron chi connectivity index (χ4n) is 2.18. The number of benzene rings is 2. The Labute approximate surface area is 143 Å². The Morgan fingerprint density at radius 1 is 0.917 bits per heavy atom. The lowest BCUT2D eigenvalue weighted by atomic mass is 9.87. The van der Waals surface area contributed by atoms with Crippen molar-refractivity contribution in [3.05, 3.63) is 59.7 Å². The first kappa shape index (κ1) is 18.0. The van der Waals surface area contributed by atoms with Crippen LogP contribution in [0.15, 0.2) is 53.4 Å². The second-order valence-corrected chi connectivity index (χ2v) is 8.22. The molecule has 0 spiro atoms. The van der Waals surface area contributed by atoms with E-state index in [0.29, 0.717) is 11.3 Å². The Hall–Kier alpha value is -2.34. The van der Waals surface area contributed by atoms with E-state index in [1.54, 1.807) is 12.1 Å². The second kappa shape index (κ2) is 6.65. The first-order valence-electron chi connectivity index (χ1n) is 7.59. The molecule has 0 aromatic heterocycles. The summed E-state index contributed by atoms with van der Waals surface area (Å²) in [5.41, 5.74) is 2.04. The number of hydrogen-bond donors (Lipinski definition) is 2. The van der Waals surface area contributed by atoms with Crippen LogP contribution in [0, 0.1) is 0 Å². The molecule has 2 aromatic carbocycles. The van der Waals surface area contributed by atoms with Crippen molar-refractivity contribution in [2.45, 2.75) is 31.1 Å². The monoisotopic (exact) mass is 346 g/mol. The van der Waals surface area contributed by atoms with E-state index in [1.807, 2.05) is 12.1 Å². The van der Waals surface area contributed by atoms with Crippen LogP contribution >= 0.6 is 0 Å². The van der Waals surface area contributed by atoms with E-state index < -0.39 is 10.0 Å². The van der Waals surface area contributed by atoms with Gasteiger partial charge in [0.15, 0.2) is 0 Å². The van der Waals surface area contributed by atoms with Gasteiger partial charge >= 0.3 is 0 Å². The third-order valence-corrected chi connectivity index (χ3v) is 5.05. The van der Waals surface area contributed by atoms with E-state index in [2.05, 4.69) is 30.8 Å². The molecule has 0 radical (unpaired) electrons. The highest BCUT2D eigenvalue weighted by Crippen LogP contribution is 2.24. The van der Waals surface area contributed by atoms with Crippen LogP contribution in [0.1, 0.15) is 36.7 Å². The van der Waals surface area contributed by atoms with Crippen LogP contribution in [-0.4, -0.2) is 21.4 Å². The fourth-order valence-corrected chi connectivity index (χ4v) is 3.24. The van der Waals surface area contributed by atoms with Gasteiger partial charge in [-0.1, -0.05) is 32.9 Å². The molecule has 24 heavy (non-hydrogen) atoms. The zero-order valence-electron chi connectivity index (χ0n) is 14.3. The number of anilines is 1. The van der Waals surface area contributed by atoms with Crippen LogP contribution in [-0.2, 0) is 15.4 Å². The number of hydrogen-bond acceptors (Lipinski definition) is 3. The molecule has 0 aliphatic heterocycles. The van der Waals surface area contributed by atoms with Gasteiger partial charge < -0.3 is 5.32 Å². The lowest BCUT2D eigenvalue weighted by molar-refractivity contribution is 0.0963. The van der Waals surface area contributed by atoms with Crippen LogP contribution in [0.4, 0.5) is 5.69 Å². The van der Waals surface area contributed by atoms with E-state index in [1.165, 1.54) is 31.3 Å². The van der Waals surface area contributed by atoms with Crippen LogP contribution in [0.3, 0.4) is 0 Å². The quantitative estimate of drug-likeness (QED) is 0.893. The highest BCUT2D eigenvalue weighted by atomic mass is 32.2. The summed E-state index contributed by atoms with van der Waals surface area (Å²) in [6.45, 7) is 6.29. The van der Waals surface area contributed by atoms with Crippen molar-refractivity contribution in [3.8, 4) is 0 Å². The van der Waals surface area contributed by atoms with Gasteiger partial charge in [0.2, 0.25) is 0 Å². The SMILES string of the molecule is CNC(=O)c1ccc(S(=O)(=O)Nc2ccc(C(C)(C)C)cc2)cc1. The maximum absolute atomic E-state index is 12.4. The molecule has 1 amide bonds. The second-order valence-electron chi connectivity index (χ2n) is 6.54. The Bertz CT molecular complexity index is 818. The van der Waals surface area contributed by atoms with E-state index in [4.69, 9.17) is 0 Å². The van der Waals surface area contributed by atoms with Crippen molar-refractivity contribution in [2.24, 2.45) is 0 Å². The smallest absolute Gasteiger partial charge is 0.261 e. The highest BCUT2D eigenvalue weighted by molar-refractivity contribution is 7.92. The number of rotatable bonds is 4. The van der Waals surface area contributed by atoms with Gasteiger partial charge in [0.25, 0.3) is 15.9 Å². The number of carbonyl (C=O) groups excluding carboxylic acids is 1. The number of sulfonamides is 1. The van der Waals surface area contributed by atoms with Gasteiger partial charge in [0.1, 0.15) is 0 Å².